The molecule has 2 atom stereocenters. The second kappa shape index (κ2) is 9.05. The van der Waals surface area contributed by atoms with E-state index >= 15 is 0 Å². The number of aromatic nitrogens is 1. The molecule has 0 spiro atoms. The van der Waals surface area contributed by atoms with Gasteiger partial charge in [-0.15, -0.1) is 11.8 Å². The number of carbonyl (C=O) groups is 1. The molecule has 26 heavy (non-hydrogen) atoms. The van der Waals surface area contributed by atoms with Crippen LogP contribution in [0.4, 0.5) is 0 Å². The number of hydrogen-bond acceptors (Lipinski definition) is 5. The Balaban J connectivity index is 1.45. The van der Waals surface area contributed by atoms with Gasteiger partial charge in [-0.2, -0.15) is 0 Å². The Kier molecular flexibility index (Phi) is 6.52. The van der Waals surface area contributed by atoms with E-state index in [1.165, 1.54) is 0 Å². The van der Waals surface area contributed by atoms with Gasteiger partial charge in [0.1, 0.15) is 5.75 Å². The Labute approximate surface area is 158 Å². The van der Waals surface area contributed by atoms with E-state index in [0.29, 0.717) is 19.1 Å². The molecule has 0 saturated carbocycles. The molecule has 2 aromatic rings. The summed E-state index contributed by atoms with van der Waals surface area (Å²) in [6.07, 6.45) is 3.60. The number of hydrogen-bond donors (Lipinski definition) is 2. The van der Waals surface area contributed by atoms with Crippen LogP contribution < -0.4 is 15.4 Å². The number of pyridine rings is 1. The Bertz CT molecular complexity index is 707. The van der Waals surface area contributed by atoms with Crippen molar-refractivity contribution in [3.8, 4) is 5.75 Å². The van der Waals surface area contributed by atoms with Crippen LogP contribution in [0.2, 0.25) is 0 Å². The third kappa shape index (κ3) is 5.22. The zero-order valence-corrected chi connectivity index (χ0v) is 16.0. The molecule has 0 bridgehead atoms. The first-order valence-electron chi connectivity index (χ1n) is 8.89. The minimum Gasteiger partial charge on any atom is -0.493 e. The molecule has 1 amide bonds. The molecule has 1 aromatic heterocycles. The molecule has 0 aliphatic carbocycles. The molecule has 1 fully saturated rings. The van der Waals surface area contributed by atoms with Crippen molar-refractivity contribution in [2.45, 2.75) is 31.8 Å². The third-order valence-corrected chi connectivity index (χ3v) is 5.33. The Hall–Kier alpha value is -2.05. The summed E-state index contributed by atoms with van der Waals surface area (Å²) in [7, 11) is 0. The van der Waals surface area contributed by atoms with Crippen molar-refractivity contribution in [1.82, 2.24) is 15.6 Å². The lowest BCUT2D eigenvalue weighted by Crippen LogP contribution is -2.42. The first-order valence-corrected chi connectivity index (χ1v) is 9.93. The Morgan fingerprint density at radius 2 is 2.15 bits per heavy atom. The van der Waals surface area contributed by atoms with Gasteiger partial charge in [-0.3, -0.25) is 15.1 Å². The van der Waals surface area contributed by atoms with Crippen molar-refractivity contribution in [2.75, 3.05) is 12.4 Å². The predicted molar refractivity (Wildman–Crippen MR) is 105 cm³/mol. The number of benzene rings is 1. The van der Waals surface area contributed by atoms with Gasteiger partial charge in [-0.25, -0.2) is 0 Å². The Morgan fingerprint density at radius 3 is 2.85 bits per heavy atom. The largest absolute Gasteiger partial charge is 0.493 e. The van der Waals surface area contributed by atoms with Crippen molar-refractivity contribution >= 4 is 17.7 Å². The molecular formula is C20H25N3O2S. The van der Waals surface area contributed by atoms with E-state index in [2.05, 4.69) is 29.5 Å². The minimum absolute atomic E-state index is 0.0315. The van der Waals surface area contributed by atoms with E-state index in [4.69, 9.17) is 4.74 Å². The molecular weight excluding hydrogens is 346 g/mol. The van der Waals surface area contributed by atoms with Crippen LogP contribution >= 0.6 is 11.8 Å². The number of ether oxygens (including phenoxy) is 1. The summed E-state index contributed by atoms with van der Waals surface area (Å²) >= 11 is 1.73. The smallest absolute Gasteiger partial charge is 0.238 e. The summed E-state index contributed by atoms with van der Waals surface area (Å²) in [5.74, 6) is 2.15. The number of carbonyl (C=O) groups excluding carboxylic acids is 1. The van der Waals surface area contributed by atoms with E-state index < -0.39 is 0 Å². The van der Waals surface area contributed by atoms with Gasteiger partial charge in [0, 0.05) is 24.7 Å². The maximum Gasteiger partial charge on any atom is 0.238 e. The standard InChI is InChI=1S/C20H25N3O2S/c1-14(2)12-25-17-7-5-15(6-8-17)10-22-19(24)18-13-26-20(23-18)16-4-3-9-21-11-16/h3-9,11,14,18,20,23H,10,12-13H2,1-2H3,(H,22,24). The van der Waals surface area contributed by atoms with E-state index in [1.807, 2.05) is 42.6 Å². The summed E-state index contributed by atoms with van der Waals surface area (Å²) in [6, 6.07) is 11.6. The molecule has 2 N–H and O–H groups in total. The van der Waals surface area contributed by atoms with Gasteiger partial charge < -0.3 is 10.1 Å². The lowest BCUT2D eigenvalue weighted by atomic mass is 10.2. The highest BCUT2D eigenvalue weighted by Crippen LogP contribution is 2.32. The van der Waals surface area contributed by atoms with E-state index in [0.717, 1.165) is 22.6 Å². The van der Waals surface area contributed by atoms with Crippen LogP contribution in [0.15, 0.2) is 48.8 Å². The first kappa shape index (κ1) is 18.7. The topological polar surface area (TPSA) is 63.2 Å². The predicted octanol–water partition coefficient (Wildman–Crippen LogP) is 3.14. The van der Waals surface area contributed by atoms with Crippen LogP contribution in [0.1, 0.15) is 30.3 Å². The third-order valence-electron chi connectivity index (χ3n) is 4.06. The van der Waals surface area contributed by atoms with Crippen molar-refractivity contribution < 1.29 is 9.53 Å². The van der Waals surface area contributed by atoms with Crippen LogP contribution in [0.25, 0.3) is 0 Å². The molecule has 0 radical (unpaired) electrons. The second-order valence-electron chi connectivity index (χ2n) is 6.79. The highest BCUT2D eigenvalue weighted by Gasteiger charge is 2.30. The summed E-state index contributed by atoms with van der Waals surface area (Å²) in [4.78, 5) is 16.6. The number of rotatable bonds is 7. The average molecular weight is 372 g/mol. The van der Waals surface area contributed by atoms with Gasteiger partial charge in [0.2, 0.25) is 5.91 Å². The minimum atomic E-state index is -0.182. The molecule has 1 aliphatic heterocycles. The summed E-state index contributed by atoms with van der Waals surface area (Å²) in [6.45, 7) is 5.47. The second-order valence-corrected chi connectivity index (χ2v) is 7.92. The van der Waals surface area contributed by atoms with Crippen LogP contribution in [0, 0.1) is 5.92 Å². The van der Waals surface area contributed by atoms with Crippen LogP contribution in [0.5, 0.6) is 5.75 Å². The SMILES string of the molecule is CC(C)COc1ccc(CNC(=O)C2CSC(c3cccnc3)N2)cc1. The fourth-order valence-electron chi connectivity index (χ4n) is 2.63. The van der Waals surface area contributed by atoms with Gasteiger partial charge in [0.25, 0.3) is 0 Å². The number of nitrogens with zero attached hydrogens (tertiary/aromatic N) is 1. The van der Waals surface area contributed by atoms with E-state index in [1.54, 1.807) is 18.0 Å². The number of thioether (sulfide) groups is 1. The van der Waals surface area contributed by atoms with Crippen LogP contribution in [-0.2, 0) is 11.3 Å². The lowest BCUT2D eigenvalue weighted by Gasteiger charge is -2.14. The quantitative estimate of drug-likeness (QED) is 0.783. The molecule has 6 heteroatoms. The molecule has 3 rings (SSSR count). The number of amides is 1. The average Bonchev–Trinajstić information content (AvgIpc) is 3.16. The highest BCUT2D eigenvalue weighted by molar-refractivity contribution is 7.99. The van der Waals surface area contributed by atoms with Gasteiger partial charge in [-0.05, 0) is 35.2 Å². The van der Waals surface area contributed by atoms with Gasteiger partial charge in [0.15, 0.2) is 0 Å². The molecule has 1 aromatic carbocycles. The normalized spacial score (nSPS) is 19.5. The van der Waals surface area contributed by atoms with E-state index in [-0.39, 0.29) is 17.3 Å². The van der Waals surface area contributed by atoms with Crippen LogP contribution in [-0.4, -0.2) is 29.3 Å². The lowest BCUT2D eigenvalue weighted by molar-refractivity contribution is -0.122. The van der Waals surface area contributed by atoms with Crippen molar-refractivity contribution in [3.05, 3.63) is 59.9 Å². The van der Waals surface area contributed by atoms with Crippen molar-refractivity contribution in [2.24, 2.45) is 5.92 Å². The molecule has 2 heterocycles. The fraction of sp³-hybridized carbons (Fsp3) is 0.400. The Morgan fingerprint density at radius 1 is 1.35 bits per heavy atom. The molecule has 1 saturated heterocycles. The summed E-state index contributed by atoms with van der Waals surface area (Å²) < 4.78 is 5.68. The van der Waals surface area contributed by atoms with Crippen molar-refractivity contribution in [3.63, 3.8) is 0 Å². The van der Waals surface area contributed by atoms with Crippen molar-refractivity contribution in [1.29, 1.82) is 0 Å². The molecule has 138 valence electrons. The van der Waals surface area contributed by atoms with Gasteiger partial charge in [-0.1, -0.05) is 32.0 Å². The summed E-state index contributed by atoms with van der Waals surface area (Å²) in [5.41, 5.74) is 2.16. The summed E-state index contributed by atoms with van der Waals surface area (Å²) in [5, 5.41) is 6.50. The maximum atomic E-state index is 12.4. The highest BCUT2D eigenvalue weighted by atomic mass is 32.2. The number of nitrogens with one attached hydrogen (secondary N) is 2. The zero-order chi connectivity index (χ0) is 18.4. The first-order chi connectivity index (χ1) is 12.6. The maximum absolute atomic E-state index is 12.4. The monoisotopic (exact) mass is 371 g/mol. The molecule has 2 unspecified atom stereocenters. The molecule has 1 aliphatic rings. The fourth-order valence-corrected chi connectivity index (χ4v) is 3.85. The van der Waals surface area contributed by atoms with Gasteiger partial charge in [0.05, 0.1) is 18.0 Å². The van der Waals surface area contributed by atoms with Crippen LogP contribution in [0.3, 0.4) is 0 Å². The molecule has 5 nitrogen and oxygen atoms in total. The zero-order valence-electron chi connectivity index (χ0n) is 15.1. The van der Waals surface area contributed by atoms with Gasteiger partial charge >= 0.3 is 0 Å². The van der Waals surface area contributed by atoms with E-state index in [9.17, 15) is 4.79 Å².